The molecule has 0 spiro atoms. The van der Waals surface area contributed by atoms with Crippen molar-refractivity contribution in [3.05, 3.63) is 70.4 Å². The van der Waals surface area contributed by atoms with Gasteiger partial charge in [0.25, 0.3) is 0 Å². The second-order valence-corrected chi connectivity index (χ2v) is 6.65. The first kappa shape index (κ1) is 14.3. The van der Waals surface area contributed by atoms with Gasteiger partial charge < -0.3 is 5.73 Å². The number of hydrogen-bond donors (Lipinski definition) is 1. The molecule has 3 rings (SSSR count). The van der Waals surface area contributed by atoms with Crippen LogP contribution in [0.4, 0.5) is 0 Å². The van der Waals surface area contributed by atoms with E-state index in [0.717, 1.165) is 19.3 Å². The predicted molar refractivity (Wildman–Crippen MR) is 92.9 cm³/mol. The van der Waals surface area contributed by atoms with E-state index >= 15 is 0 Å². The third-order valence-electron chi connectivity index (χ3n) is 3.89. The van der Waals surface area contributed by atoms with E-state index in [0.29, 0.717) is 0 Å². The smallest absolute Gasteiger partial charge is 0.00794 e. The van der Waals surface area contributed by atoms with E-state index in [1.165, 1.54) is 27.6 Å². The molecule has 21 heavy (non-hydrogen) atoms. The maximum absolute atomic E-state index is 6.29. The molecule has 2 N–H and O–H groups in total. The highest BCUT2D eigenvalue weighted by Crippen LogP contribution is 2.18. The van der Waals surface area contributed by atoms with Gasteiger partial charge in [0.15, 0.2) is 0 Å². The van der Waals surface area contributed by atoms with Crippen LogP contribution in [0.15, 0.2) is 60.0 Å². The molecule has 1 aromatic heterocycles. The van der Waals surface area contributed by atoms with Gasteiger partial charge in [-0.3, -0.25) is 0 Å². The Morgan fingerprint density at radius 1 is 0.952 bits per heavy atom. The molecule has 2 aromatic carbocycles. The van der Waals surface area contributed by atoms with Gasteiger partial charge in [-0.05, 0) is 53.5 Å². The van der Waals surface area contributed by atoms with Crippen LogP contribution in [-0.2, 0) is 12.8 Å². The molecule has 108 valence electrons. The highest BCUT2D eigenvalue weighted by Gasteiger charge is 2.05. The van der Waals surface area contributed by atoms with E-state index in [1.807, 2.05) is 11.3 Å². The maximum Gasteiger partial charge on any atom is 0.00794 e. The Kier molecular flexibility index (Phi) is 4.69. The third-order valence-corrected chi connectivity index (χ3v) is 4.83. The molecule has 0 amide bonds. The van der Waals surface area contributed by atoms with E-state index < -0.39 is 0 Å². The molecule has 1 heterocycles. The quantitative estimate of drug-likeness (QED) is 0.695. The van der Waals surface area contributed by atoms with Gasteiger partial charge in [0.1, 0.15) is 0 Å². The van der Waals surface area contributed by atoms with Crippen LogP contribution in [0, 0.1) is 0 Å². The lowest BCUT2D eigenvalue weighted by Gasteiger charge is -2.12. The Balaban J connectivity index is 1.54. The van der Waals surface area contributed by atoms with Crippen LogP contribution in [0.5, 0.6) is 0 Å². The van der Waals surface area contributed by atoms with Gasteiger partial charge in [0.2, 0.25) is 0 Å². The van der Waals surface area contributed by atoms with Gasteiger partial charge in [0, 0.05) is 10.9 Å². The molecule has 0 radical (unpaired) electrons. The summed E-state index contributed by atoms with van der Waals surface area (Å²) in [6, 6.07) is 19.8. The van der Waals surface area contributed by atoms with Crippen molar-refractivity contribution in [1.29, 1.82) is 0 Å². The van der Waals surface area contributed by atoms with Crippen LogP contribution in [0.25, 0.3) is 10.8 Å². The number of aryl methyl sites for hydroxylation is 1. The lowest BCUT2D eigenvalue weighted by Crippen LogP contribution is -2.22. The molecule has 0 saturated carbocycles. The number of thiophene rings is 1. The van der Waals surface area contributed by atoms with Crippen molar-refractivity contribution >= 4 is 22.1 Å². The summed E-state index contributed by atoms with van der Waals surface area (Å²) in [7, 11) is 0. The zero-order valence-electron chi connectivity index (χ0n) is 12.2. The molecule has 0 bridgehead atoms. The third kappa shape index (κ3) is 3.93. The summed E-state index contributed by atoms with van der Waals surface area (Å²) in [5, 5.41) is 4.75. The fourth-order valence-corrected chi connectivity index (χ4v) is 3.52. The zero-order chi connectivity index (χ0) is 14.5. The van der Waals surface area contributed by atoms with Crippen molar-refractivity contribution < 1.29 is 0 Å². The summed E-state index contributed by atoms with van der Waals surface area (Å²) in [6.07, 6.45) is 4.39. The topological polar surface area (TPSA) is 26.0 Å². The summed E-state index contributed by atoms with van der Waals surface area (Å²) in [5.74, 6) is 0. The number of nitrogens with two attached hydrogens (primary N) is 1. The molecular weight excluding hydrogens is 274 g/mol. The van der Waals surface area contributed by atoms with Gasteiger partial charge in [-0.2, -0.15) is 0 Å². The molecule has 0 aliphatic carbocycles. The Morgan fingerprint density at radius 3 is 2.62 bits per heavy atom. The van der Waals surface area contributed by atoms with Gasteiger partial charge in [-0.25, -0.2) is 0 Å². The molecule has 3 aromatic rings. The van der Waals surface area contributed by atoms with Crippen LogP contribution >= 0.6 is 11.3 Å². The maximum atomic E-state index is 6.29. The van der Waals surface area contributed by atoms with E-state index in [4.69, 9.17) is 5.73 Å². The second kappa shape index (κ2) is 6.88. The SMILES string of the molecule is NC(CCCc1cccs1)Cc1ccc2ccccc2c1. The molecule has 0 fully saturated rings. The molecule has 2 heteroatoms. The average Bonchev–Trinajstić information content (AvgIpc) is 3.00. The molecule has 0 aliphatic heterocycles. The lowest BCUT2D eigenvalue weighted by atomic mass is 9.99. The first-order chi connectivity index (χ1) is 10.3. The fraction of sp³-hybridized carbons (Fsp3) is 0.263. The van der Waals surface area contributed by atoms with Crippen LogP contribution in [-0.4, -0.2) is 6.04 Å². The van der Waals surface area contributed by atoms with Gasteiger partial charge in [0.05, 0.1) is 0 Å². The van der Waals surface area contributed by atoms with Crippen molar-refractivity contribution in [2.75, 3.05) is 0 Å². The number of hydrogen-bond acceptors (Lipinski definition) is 2. The Bertz CT molecular complexity index is 688. The first-order valence-electron chi connectivity index (χ1n) is 7.57. The molecular formula is C19H21NS. The van der Waals surface area contributed by atoms with E-state index in [-0.39, 0.29) is 6.04 Å². The van der Waals surface area contributed by atoms with E-state index in [1.54, 1.807) is 0 Å². The summed E-state index contributed by atoms with van der Waals surface area (Å²) < 4.78 is 0. The van der Waals surface area contributed by atoms with Crippen LogP contribution in [0.2, 0.25) is 0 Å². The largest absolute Gasteiger partial charge is 0.327 e. The number of benzene rings is 2. The molecule has 1 nitrogen and oxygen atoms in total. The zero-order valence-corrected chi connectivity index (χ0v) is 13.0. The van der Waals surface area contributed by atoms with Crippen molar-refractivity contribution in [2.24, 2.45) is 5.73 Å². The predicted octanol–water partition coefficient (Wildman–Crippen LogP) is 4.79. The minimum Gasteiger partial charge on any atom is -0.327 e. The van der Waals surface area contributed by atoms with E-state index in [9.17, 15) is 0 Å². The van der Waals surface area contributed by atoms with Crippen molar-refractivity contribution in [3.8, 4) is 0 Å². The highest BCUT2D eigenvalue weighted by atomic mass is 32.1. The van der Waals surface area contributed by atoms with Crippen LogP contribution in [0.3, 0.4) is 0 Å². The minimum atomic E-state index is 0.256. The standard InChI is InChI=1S/C19H21NS/c20-18(7-3-8-19-9-4-12-21-19)14-15-10-11-16-5-1-2-6-17(16)13-15/h1-2,4-6,9-13,18H,3,7-8,14,20H2. The summed E-state index contributed by atoms with van der Waals surface area (Å²) in [6.45, 7) is 0. The Labute approximate surface area is 130 Å². The second-order valence-electron chi connectivity index (χ2n) is 5.62. The highest BCUT2D eigenvalue weighted by molar-refractivity contribution is 7.09. The van der Waals surface area contributed by atoms with Crippen molar-refractivity contribution in [3.63, 3.8) is 0 Å². The van der Waals surface area contributed by atoms with Crippen LogP contribution in [0.1, 0.15) is 23.3 Å². The first-order valence-corrected chi connectivity index (χ1v) is 8.45. The fourth-order valence-electron chi connectivity index (χ4n) is 2.76. The molecule has 1 unspecified atom stereocenters. The Hall–Kier alpha value is -1.64. The summed E-state index contributed by atoms with van der Waals surface area (Å²) in [5.41, 5.74) is 7.64. The van der Waals surface area contributed by atoms with Gasteiger partial charge in [-0.1, -0.05) is 48.5 Å². The Morgan fingerprint density at radius 2 is 1.81 bits per heavy atom. The normalized spacial score (nSPS) is 12.6. The van der Waals surface area contributed by atoms with Crippen molar-refractivity contribution in [1.82, 2.24) is 0 Å². The lowest BCUT2D eigenvalue weighted by molar-refractivity contribution is 0.582. The summed E-state index contributed by atoms with van der Waals surface area (Å²) in [4.78, 5) is 1.47. The minimum absolute atomic E-state index is 0.256. The average molecular weight is 295 g/mol. The monoisotopic (exact) mass is 295 g/mol. The van der Waals surface area contributed by atoms with Gasteiger partial charge in [-0.15, -0.1) is 11.3 Å². The summed E-state index contributed by atoms with van der Waals surface area (Å²) >= 11 is 1.84. The molecule has 0 saturated heterocycles. The van der Waals surface area contributed by atoms with Gasteiger partial charge >= 0.3 is 0 Å². The number of rotatable bonds is 6. The molecule has 1 atom stereocenters. The van der Waals surface area contributed by atoms with E-state index in [2.05, 4.69) is 60.0 Å². The van der Waals surface area contributed by atoms with Crippen molar-refractivity contribution in [2.45, 2.75) is 31.7 Å². The van der Waals surface area contributed by atoms with Crippen LogP contribution < -0.4 is 5.73 Å². The molecule has 0 aliphatic rings. The number of fused-ring (bicyclic) bond motifs is 1.